The van der Waals surface area contributed by atoms with Gasteiger partial charge in [0, 0.05) is 18.7 Å². The number of aryl methyl sites for hydroxylation is 1. The number of hydrogen-bond acceptors (Lipinski definition) is 5. The highest BCUT2D eigenvalue weighted by molar-refractivity contribution is 5.75. The number of nitrogens with zero attached hydrogens (tertiary/aromatic N) is 2. The van der Waals surface area contributed by atoms with E-state index in [1.165, 1.54) is 0 Å². The third-order valence-corrected chi connectivity index (χ3v) is 2.64. The summed E-state index contributed by atoms with van der Waals surface area (Å²) in [6.45, 7) is 4.59. The summed E-state index contributed by atoms with van der Waals surface area (Å²) in [7, 11) is 0. The Kier molecular flexibility index (Phi) is 3.12. The van der Waals surface area contributed by atoms with Gasteiger partial charge < -0.3 is 15.7 Å². The number of carbonyl (C=O) groups is 1. The molecule has 1 aliphatic rings. The fourth-order valence-electron chi connectivity index (χ4n) is 1.73. The first-order valence-electron chi connectivity index (χ1n) is 5.69. The zero-order valence-electron chi connectivity index (χ0n) is 9.90. The molecular weight excluding hydrogens is 220 g/mol. The Balaban J connectivity index is 2.03. The molecule has 2 rings (SSSR count). The average Bonchev–Trinajstić information content (AvgIpc) is 2.96. The number of carboxylic acids is 1. The molecule has 0 aliphatic heterocycles. The molecule has 92 valence electrons. The van der Waals surface area contributed by atoms with Gasteiger partial charge in [0.25, 0.3) is 0 Å². The van der Waals surface area contributed by atoms with Crippen LogP contribution in [0, 0.1) is 12.8 Å². The van der Waals surface area contributed by atoms with Crippen molar-refractivity contribution in [2.24, 2.45) is 5.92 Å². The minimum atomic E-state index is -0.750. The standard InChI is InChI=1S/C11H16N4O2/c1-3-12-9-5-10(14-6(2)13-9)15-8-4-7(8)11(16)17/h5,7-8H,3-4H2,1-2H3,(H,16,17)(H2,12,13,14,15). The van der Waals surface area contributed by atoms with E-state index in [4.69, 9.17) is 5.11 Å². The van der Waals surface area contributed by atoms with Gasteiger partial charge in [0.15, 0.2) is 0 Å². The van der Waals surface area contributed by atoms with Crippen LogP contribution in [-0.2, 0) is 4.79 Å². The summed E-state index contributed by atoms with van der Waals surface area (Å²) in [5, 5.41) is 15.0. The minimum Gasteiger partial charge on any atom is -0.481 e. The van der Waals surface area contributed by atoms with Gasteiger partial charge >= 0.3 is 5.97 Å². The maximum absolute atomic E-state index is 10.7. The number of anilines is 2. The summed E-state index contributed by atoms with van der Waals surface area (Å²) in [6.07, 6.45) is 0.662. The predicted octanol–water partition coefficient (Wildman–Crippen LogP) is 1.10. The van der Waals surface area contributed by atoms with E-state index in [2.05, 4.69) is 20.6 Å². The normalized spacial score (nSPS) is 22.0. The Bertz CT molecular complexity index is 435. The minimum absolute atomic E-state index is 0.00345. The molecule has 1 aromatic rings. The lowest BCUT2D eigenvalue weighted by atomic mass is 10.4. The van der Waals surface area contributed by atoms with Gasteiger partial charge in [-0.05, 0) is 20.3 Å². The van der Waals surface area contributed by atoms with Gasteiger partial charge in [-0.15, -0.1) is 0 Å². The number of aliphatic carboxylic acids is 1. The van der Waals surface area contributed by atoms with Gasteiger partial charge in [-0.2, -0.15) is 0 Å². The molecule has 0 amide bonds. The Morgan fingerprint density at radius 1 is 1.53 bits per heavy atom. The molecule has 1 aromatic heterocycles. The van der Waals surface area contributed by atoms with Gasteiger partial charge in [-0.1, -0.05) is 0 Å². The molecule has 0 bridgehead atoms. The molecule has 1 fully saturated rings. The van der Waals surface area contributed by atoms with E-state index in [1.807, 2.05) is 13.8 Å². The molecule has 2 unspecified atom stereocenters. The molecule has 1 aliphatic carbocycles. The summed E-state index contributed by atoms with van der Waals surface area (Å²) in [6, 6.07) is 1.80. The monoisotopic (exact) mass is 236 g/mol. The van der Waals surface area contributed by atoms with Crippen LogP contribution >= 0.6 is 0 Å². The summed E-state index contributed by atoms with van der Waals surface area (Å²) < 4.78 is 0. The Hall–Kier alpha value is -1.85. The van der Waals surface area contributed by atoms with Crippen LogP contribution in [0.2, 0.25) is 0 Å². The second-order valence-electron chi connectivity index (χ2n) is 4.15. The number of aromatic nitrogens is 2. The van der Waals surface area contributed by atoms with Crippen LogP contribution in [-0.4, -0.2) is 33.6 Å². The molecule has 0 aromatic carbocycles. The lowest BCUT2D eigenvalue weighted by molar-refractivity contribution is -0.138. The van der Waals surface area contributed by atoms with Crippen LogP contribution in [0.25, 0.3) is 0 Å². The fraction of sp³-hybridized carbons (Fsp3) is 0.545. The molecule has 0 radical (unpaired) electrons. The maximum atomic E-state index is 10.7. The van der Waals surface area contributed by atoms with E-state index in [1.54, 1.807) is 6.07 Å². The summed E-state index contributed by atoms with van der Waals surface area (Å²) in [5.74, 6) is 1.07. The smallest absolute Gasteiger partial charge is 0.308 e. The van der Waals surface area contributed by atoms with Crippen molar-refractivity contribution in [2.75, 3.05) is 17.2 Å². The second-order valence-corrected chi connectivity index (χ2v) is 4.15. The van der Waals surface area contributed by atoms with Gasteiger partial charge in [-0.3, -0.25) is 4.79 Å². The predicted molar refractivity (Wildman–Crippen MR) is 64.1 cm³/mol. The lowest BCUT2D eigenvalue weighted by Crippen LogP contribution is -2.12. The molecule has 1 heterocycles. The largest absolute Gasteiger partial charge is 0.481 e. The van der Waals surface area contributed by atoms with Crippen LogP contribution in [0.3, 0.4) is 0 Å². The highest BCUT2D eigenvalue weighted by atomic mass is 16.4. The number of carboxylic acid groups (broad SMARTS) is 1. The first kappa shape index (κ1) is 11.6. The summed E-state index contributed by atoms with van der Waals surface area (Å²) in [5.41, 5.74) is 0. The van der Waals surface area contributed by atoms with Crippen molar-refractivity contribution in [1.82, 2.24) is 9.97 Å². The molecule has 0 spiro atoms. The Morgan fingerprint density at radius 3 is 2.82 bits per heavy atom. The fourth-order valence-corrected chi connectivity index (χ4v) is 1.73. The van der Waals surface area contributed by atoms with E-state index in [9.17, 15) is 4.79 Å². The van der Waals surface area contributed by atoms with Crippen LogP contribution in [0.5, 0.6) is 0 Å². The van der Waals surface area contributed by atoms with Crippen molar-refractivity contribution >= 4 is 17.6 Å². The molecule has 6 heteroatoms. The van der Waals surface area contributed by atoms with Gasteiger partial charge in [0.05, 0.1) is 5.92 Å². The molecule has 3 N–H and O–H groups in total. The third-order valence-electron chi connectivity index (χ3n) is 2.64. The SMILES string of the molecule is CCNc1cc(NC2CC2C(=O)O)nc(C)n1. The van der Waals surface area contributed by atoms with Crippen molar-refractivity contribution in [1.29, 1.82) is 0 Å². The number of nitrogens with one attached hydrogen (secondary N) is 2. The topological polar surface area (TPSA) is 87.1 Å². The zero-order valence-corrected chi connectivity index (χ0v) is 9.90. The van der Waals surface area contributed by atoms with Crippen molar-refractivity contribution in [3.63, 3.8) is 0 Å². The molecular formula is C11H16N4O2. The van der Waals surface area contributed by atoms with E-state index in [-0.39, 0.29) is 12.0 Å². The van der Waals surface area contributed by atoms with Crippen molar-refractivity contribution in [2.45, 2.75) is 26.3 Å². The van der Waals surface area contributed by atoms with E-state index in [0.717, 1.165) is 12.4 Å². The first-order chi connectivity index (χ1) is 8.10. The third kappa shape index (κ3) is 2.83. The van der Waals surface area contributed by atoms with Crippen molar-refractivity contribution in [3.8, 4) is 0 Å². The molecule has 6 nitrogen and oxygen atoms in total. The highest BCUT2D eigenvalue weighted by Crippen LogP contribution is 2.33. The first-order valence-corrected chi connectivity index (χ1v) is 5.69. The van der Waals surface area contributed by atoms with Crippen molar-refractivity contribution < 1.29 is 9.90 Å². The maximum Gasteiger partial charge on any atom is 0.308 e. The van der Waals surface area contributed by atoms with Crippen LogP contribution in [0.1, 0.15) is 19.2 Å². The lowest BCUT2D eigenvalue weighted by Gasteiger charge is -2.08. The second kappa shape index (κ2) is 4.57. The highest BCUT2D eigenvalue weighted by Gasteiger charge is 2.43. The van der Waals surface area contributed by atoms with Gasteiger partial charge in [-0.25, -0.2) is 9.97 Å². The average molecular weight is 236 g/mol. The molecule has 17 heavy (non-hydrogen) atoms. The van der Waals surface area contributed by atoms with E-state index in [0.29, 0.717) is 18.1 Å². The van der Waals surface area contributed by atoms with Gasteiger partial charge in [0.2, 0.25) is 0 Å². The van der Waals surface area contributed by atoms with Crippen LogP contribution < -0.4 is 10.6 Å². The Labute approximate surface area is 99.5 Å². The molecule has 2 atom stereocenters. The van der Waals surface area contributed by atoms with Gasteiger partial charge in [0.1, 0.15) is 17.5 Å². The van der Waals surface area contributed by atoms with E-state index >= 15 is 0 Å². The van der Waals surface area contributed by atoms with Crippen LogP contribution in [0.4, 0.5) is 11.6 Å². The molecule has 0 saturated heterocycles. The van der Waals surface area contributed by atoms with Crippen LogP contribution in [0.15, 0.2) is 6.07 Å². The number of hydrogen-bond donors (Lipinski definition) is 3. The molecule has 1 saturated carbocycles. The number of rotatable bonds is 5. The van der Waals surface area contributed by atoms with Crippen molar-refractivity contribution in [3.05, 3.63) is 11.9 Å². The summed E-state index contributed by atoms with van der Waals surface area (Å²) >= 11 is 0. The van der Waals surface area contributed by atoms with E-state index < -0.39 is 5.97 Å². The Morgan fingerprint density at radius 2 is 2.24 bits per heavy atom. The quantitative estimate of drug-likeness (QED) is 0.709. The zero-order chi connectivity index (χ0) is 12.4. The summed E-state index contributed by atoms with van der Waals surface area (Å²) in [4.78, 5) is 19.2.